The van der Waals surface area contributed by atoms with Gasteiger partial charge in [-0.05, 0) is 54.8 Å². The standard InChI is InChI=1S/C21H25NO2/c1-22(13-3-5-17-8-11-20(23-2)12-9-17)16-18-7-10-19-6-4-14-24-21(19)15-18/h3,5,7-12,15H,4,6,13-14,16H2,1-2H3. The molecule has 1 aliphatic rings. The van der Waals surface area contributed by atoms with Crippen molar-refractivity contribution in [2.45, 2.75) is 19.4 Å². The Morgan fingerprint density at radius 3 is 2.79 bits per heavy atom. The molecule has 126 valence electrons. The lowest BCUT2D eigenvalue weighted by Crippen LogP contribution is -2.18. The fourth-order valence-corrected chi connectivity index (χ4v) is 2.94. The molecule has 0 amide bonds. The monoisotopic (exact) mass is 323 g/mol. The van der Waals surface area contributed by atoms with Gasteiger partial charge in [0.25, 0.3) is 0 Å². The van der Waals surface area contributed by atoms with Gasteiger partial charge in [-0.15, -0.1) is 0 Å². The Kier molecular flexibility index (Phi) is 5.55. The number of benzene rings is 2. The largest absolute Gasteiger partial charge is 0.497 e. The van der Waals surface area contributed by atoms with Crippen molar-refractivity contribution in [1.29, 1.82) is 0 Å². The molecule has 0 atom stereocenters. The van der Waals surface area contributed by atoms with Crippen LogP contribution in [-0.2, 0) is 13.0 Å². The maximum absolute atomic E-state index is 5.76. The van der Waals surface area contributed by atoms with Crippen molar-refractivity contribution in [3.63, 3.8) is 0 Å². The van der Waals surface area contributed by atoms with Crippen LogP contribution in [0.15, 0.2) is 48.5 Å². The molecule has 0 radical (unpaired) electrons. The molecule has 1 heterocycles. The number of ether oxygens (including phenoxy) is 2. The topological polar surface area (TPSA) is 21.7 Å². The number of nitrogens with zero attached hydrogens (tertiary/aromatic N) is 1. The molecule has 0 spiro atoms. The van der Waals surface area contributed by atoms with E-state index in [1.54, 1.807) is 7.11 Å². The predicted octanol–water partition coefficient (Wildman–Crippen LogP) is 4.17. The number of fused-ring (bicyclic) bond motifs is 1. The van der Waals surface area contributed by atoms with Gasteiger partial charge in [0.2, 0.25) is 0 Å². The molecule has 0 bridgehead atoms. The van der Waals surface area contributed by atoms with E-state index < -0.39 is 0 Å². The number of methoxy groups -OCH3 is 1. The first-order valence-electron chi connectivity index (χ1n) is 8.48. The van der Waals surface area contributed by atoms with Crippen LogP contribution in [0.4, 0.5) is 0 Å². The van der Waals surface area contributed by atoms with Gasteiger partial charge >= 0.3 is 0 Å². The van der Waals surface area contributed by atoms with Gasteiger partial charge in [0.05, 0.1) is 13.7 Å². The van der Waals surface area contributed by atoms with Crippen molar-refractivity contribution in [1.82, 2.24) is 4.90 Å². The molecule has 1 aliphatic heterocycles. The van der Waals surface area contributed by atoms with E-state index in [9.17, 15) is 0 Å². The van der Waals surface area contributed by atoms with Crippen LogP contribution in [-0.4, -0.2) is 32.2 Å². The van der Waals surface area contributed by atoms with Crippen LogP contribution in [0.1, 0.15) is 23.1 Å². The number of rotatable bonds is 6. The molecule has 0 aliphatic carbocycles. The van der Waals surface area contributed by atoms with Gasteiger partial charge in [-0.2, -0.15) is 0 Å². The van der Waals surface area contributed by atoms with Gasteiger partial charge in [-0.25, -0.2) is 0 Å². The summed E-state index contributed by atoms with van der Waals surface area (Å²) >= 11 is 0. The zero-order valence-corrected chi connectivity index (χ0v) is 14.5. The molecule has 3 rings (SSSR count). The van der Waals surface area contributed by atoms with Crippen LogP contribution in [0.2, 0.25) is 0 Å². The molecular weight excluding hydrogens is 298 g/mol. The summed E-state index contributed by atoms with van der Waals surface area (Å²) in [6.07, 6.45) is 6.60. The van der Waals surface area contributed by atoms with Crippen molar-refractivity contribution >= 4 is 6.08 Å². The highest BCUT2D eigenvalue weighted by atomic mass is 16.5. The van der Waals surface area contributed by atoms with Crippen molar-refractivity contribution in [2.24, 2.45) is 0 Å². The van der Waals surface area contributed by atoms with E-state index in [0.717, 1.165) is 44.0 Å². The lowest BCUT2D eigenvalue weighted by Gasteiger charge is -2.20. The van der Waals surface area contributed by atoms with E-state index in [-0.39, 0.29) is 0 Å². The Morgan fingerprint density at radius 2 is 2.00 bits per heavy atom. The van der Waals surface area contributed by atoms with Crippen molar-refractivity contribution in [3.8, 4) is 11.5 Å². The Hall–Kier alpha value is -2.26. The fourth-order valence-electron chi connectivity index (χ4n) is 2.94. The molecule has 0 saturated carbocycles. The minimum Gasteiger partial charge on any atom is -0.497 e. The second-order valence-corrected chi connectivity index (χ2v) is 6.27. The maximum Gasteiger partial charge on any atom is 0.122 e. The molecule has 2 aromatic rings. The summed E-state index contributed by atoms with van der Waals surface area (Å²) in [6, 6.07) is 14.7. The minimum absolute atomic E-state index is 0.844. The van der Waals surface area contributed by atoms with Gasteiger partial charge in [0.15, 0.2) is 0 Å². The van der Waals surface area contributed by atoms with Gasteiger partial charge in [0, 0.05) is 13.1 Å². The Labute approximate surface area is 144 Å². The molecular formula is C21H25NO2. The van der Waals surface area contributed by atoms with E-state index in [4.69, 9.17) is 9.47 Å². The number of hydrogen-bond acceptors (Lipinski definition) is 3. The normalized spacial score (nSPS) is 13.8. The first-order chi connectivity index (χ1) is 11.7. The van der Waals surface area contributed by atoms with Crippen molar-refractivity contribution in [2.75, 3.05) is 27.3 Å². The Balaban J connectivity index is 1.53. The predicted molar refractivity (Wildman–Crippen MR) is 98.6 cm³/mol. The first kappa shape index (κ1) is 16.6. The maximum atomic E-state index is 5.76. The van der Waals surface area contributed by atoms with Gasteiger partial charge in [-0.1, -0.05) is 36.4 Å². The fraction of sp³-hybridized carbons (Fsp3) is 0.333. The van der Waals surface area contributed by atoms with Crippen LogP contribution in [0, 0.1) is 0 Å². The van der Waals surface area contributed by atoms with Crippen LogP contribution in [0.5, 0.6) is 11.5 Å². The Morgan fingerprint density at radius 1 is 1.17 bits per heavy atom. The highest BCUT2D eigenvalue weighted by Crippen LogP contribution is 2.26. The van der Waals surface area contributed by atoms with Crippen LogP contribution >= 0.6 is 0 Å². The summed E-state index contributed by atoms with van der Waals surface area (Å²) < 4.78 is 10.9. The minimum atomic E-state index is 0.844. The van der Waals surface area contributed by atoms with E-state index in [0.29, 0.717) is 0 Å². The van der Waals surface area contributed by atoms with E-state index in [1.165, 1.54) is 16.7 Å². The van der Waals surface area contributed by atoms with Gasteiger partial charge in [-0.3, -0.25) is 4.90 Å². The smallest absolute Gasteiger partial charge is 0.122 e. The summed E-state index contributed by atoms with van der Waals surface area (Å²) in [5.74, 6) is 1.96. The number of aryl methyl sites for hydroxylation is 1. The Bertz CT molecular complexity index is 691. The quantitative estimate of drug-likeness (QED) is 0.796. The third-order valence-electron chi connectivity index (χ3n) is 4.28. The third kappa shape index (κ3) is 4.39. The SMILES string of the molecule is COc1ccc(C=CCN(C)Cc2ccc3c(c2)OCCC3)cc1. The zero-order chi connectivity index (χ0) is 16.8. The van der Waals surface area contributed by atoms with E-state index >= 15 is 0 Å². The van der Waals surface area contributed by atoms with Crippen LogP contribution < -0.4 is 9.47 Å². The molecule has 24 heavy (non-hydrogen) atoms. The lowest BCUT2D eigenvalue weighted by atomic mass is 10.0. The van der Waals surface area contributed by atoms with E-state index in [1.807, 2.05) is 12.1 Å². The third-order valence-corrected chi connectivity index (χ3v) is 4.28. The summed E-state index contributed by atoms with van der Waals surface area (Å²) in [5, 5.41) is 0. The highest BCUT2D eigenvalue weighted by Gasteiger charge is 2.10. The van der Waals surface area contributed by atoms with Gasteiger partial charge in [0.1, 0.15) is 11.5 Å². The van der Waals surface area contributed by atoms with Gasteiger partial charge < -0.3 is 9.47 Å². The summed E-state index contributed by atoms with van der Waals surface area (Å²) in [4.78, 5) is 2.30. The van der Waals surface area contributed by atoms with E-state index in [2.05, 4.69) is 54.4 Å². The number of hydrogen-bond donors (Lipinski definition) is 0. The molecule has 0 N–H and O–H groups in total. The molecule has 2 aromatic carbocycles. The highest BCUT2D eigenvalue weighted by molar-refractivity contribution is 5.50. The zero-order valence-electron chi connectivity index (χ0n) is 14.5. The van der Waals surface area contributed by atoms with Crippen molar-refractivity contribution in [3.05, 3.63) is 65.2 Å². The molecule has 0 fully saturated rings. The second-order valence-electron chi connectivity index (χ2n) is 6.27. The number of likely N-dealkylation sites (N-methyl/N-ethyl adjacent to an activating group) is 1. The second kappa shape index (κ2) is 8.02. The molecule has 3 nitrogen and oxygen atoms in total. The summed E-state index contributed by atoms with van der Waals surface area (Å²) in [7, 11) is 3.82. The lowest BCUT2D eigenvalue weighted by molar-refractivity contribution is 0.287. The molecule has 0 aromatic heterocycles. The average Bonchev–Trinajstić information content (AvgIpc) is 2.62. The summed E-state index contributed by atoms with van der Waals surface area (Å²) in [5.41, 5.74) is 3.83. The average molecular weight is 323 g/mol. The molecule has 0 unspecified atom stereocenters. The summed E-state index contributed by atoms with van der Waals surface area (Å²) in [6.45, 7) is 2.67. The van der Waals surface area contributed by atoms with Crippen LogP contribution in [0.25, 0.3) is 6.08 Å². The molecule has 0 saturated heterocycles. The first-order valence-corrected chi connectivity index (χ1v) is 8.48. The molecule has 3 heteroatoms. The van der Waals surface area contributed by atoms with Crippen LogP contribution in [0.3, 0.4) is 0 Å². The van der Waals surface area contributed by atoms with Crippen molar-refractivity contribution < 1.29 is 9.47 Å².